The van der Waals surface area contributed by atoms with E-state index in [0.29, 0.717) is 22.6 Å². The summed E-state index contributed by atoms with van der Waals surface area (Å²) in [5.41, 5.74) is 3.47. The first-order valence-corrected chi connectivity index (χ1v) is 9.86. The number of carbonyl (C=O) groups is 2. The maximum atomic E-state index is 13.2. The number of para-hydroxylation sites is 1. The van der Waals surface area contributed by atoms with Crippen LogP contribution in [-0.4, -0.2) is 28.9 Å². The summed E-state index contributed by atoms with van der Waals surface area (Å²) in [5, 5.41) is 11.2. The molecular formula is C25H22N2O4. The maximum absolute atomic E-state index is 13.2. The van der Waals surface area contributed by atoms with Crippen LogP contribution in [0.1, 0.15) is 28.3 Å². The first-order chi connectivity index (χ1) is 15.0. The van der Waals surface area contributed by atoms with Crippen LogP contribution in [0, 0.1) is 13.8 Å². The summed E-state index contributed by atoms with van der Waals surface area (Å²) in [6.45, 7) is 3.86. The van der Waals surface area contributed by atoms with Gasteiger partial charge >= 0.3 is 0 Å². The van der Waals surface area contributed by atoms with E-state index in [9.17, 15) is 14.7 Å². The number of ketones is 1. The number of rotatable bonds is 4. The molecule has 31 heavy (non-hydrogen) atoms. The summed E-state index contributed by atoms with van der Waals surface area (Å²) >= 11 is 0. The van der Waals surface area contributed by atoms with Crippen LogP contribution < -0.4 is 9.64 Å². The Morgan fingerprint density at radius 1 is 1.03 bits per heavy atom. The molecule has 1 aliphatic heterocycles. The second-order valence-corrected chi connectivity index (χ2v) is 7.37. The normalized spacial score (nSPS) is 17.8. The van der Waals surface area contributed by atoms with Crippen LogP contribution in [-0.2, 0) is 9.59 Å². The van der Waals surface area contributed by atoms with E-state index in [1.165, 1.54) is 12.0 Å². The summed E-state index contributed by atoms with van der Waals surface area (Å²) in [4.78, 5) is 32.1. The van der Waals surface area contributed by atoms with Gasteiger partial charge in [0.25, 0.3) is 11.7 Å². The van der Waals surface area contributed by atoms with Gasteiger partial charge in [0.15, 0.2) is 0 Å². The number of hydrogen-bond acceptors (Lipinski definition) is 5. The Hall–Kier alpha value is -3.93. The van der Waals surface area contributed by atoms with Crippen LogP contribution in [0.4, 0.5) is 5.69 Å². The molecule has 1 unspecified atom stereocenters. The number of anilines is 1. The van der Waals surface area contributed by atoms with E-state index in [4.69, 9.17) is 4.74 Å². The van der Waals surface area contributed by atoms with Crippen LogP contribution in [0.25, 0.3) is 5.76 Å². The van der Waals surface area contributed by atoms with Gasteiger partial charge in [0.1, 0.15) is 11.5 Å². The molecule has 6 heteroatoms. The minimum absolute atomic E-state index is 0.00315. The lowest BCUT2D eigenvalue weighted by molar-refractivity contribution is -0.132. The van der Waals surface area contributed by atoms with Crippen molar-refractivity contribution in [2.45, 2.75) is 19.9 Å². The van der Waals surface area contributed by atoms with Crippen molar-refractivity contribution >= 4 is 23.1 Å². The number of carbonyl (C=O) groups excluding carboxylic acids is 2. The standard InChI is InChI=1S/C25H22N2O4/c1-15-8-6-11-19(16(15)2)27-22(17-9-7-13-26-14-17)21(24(29)25(27)30)23(28)18-10-4-5-12-20(18)31-3/h4-14,22,28H,1-3H3/b23-21+. The first-order valence-electron chi connectivity index (χ1n) is 9.86. The number of aryl methyl sites for hydroxylation is 1. The fourth-order valence-electron chi connectivity index (χ4n) is 3.92. The smallest absolute Gasteiger partial charge is 0.300 e. The molecule has 156 valence electrons. The Labute approximate surface area is 180 Å². The zero-order valence-corrected chi connectivity index (χ0v) is 17.5. The highest BCUT2D eigenvalue weighted by atomic mass is 16.5. The molecule has 1 aromatic heterocycles. The van der Waals surface area contributed by atoms with E-state index in [1.807, 2.05) is 26.0 Å². The number of nitrogens with zero attached hydrogens (tertiary/aromatic N) is 2. The van der Waals surface area contributed by atoms with Gasteiger partial charge in [-0.15, -0.1) is 0 Å². The quantitative estimate of drug-likeness (QED) is 0.390. The molecule has 0 aliphatic carbocycles. The molecule has 2 heterocycles. The molecule has 6 nitrogen and oxygen atoms in total. The van der Waals surface area contributed by atoms with Crippen molar-refractivity contribution in [3.05, 3.63) is 94.8 Å². The predicted molar refractivity (Wildman–Crippen MR) is 118 cm³/mol. The minimum Gasteiger partial charge on any atom is -0.507 e. The summed E-state index contributed by atoms with van der Waals surface area (Å²) in [6, 6.07) is 15.1. The van der Waals surface area contributed by atoms with E-state index < -0.39 is 17.7 Å². The lowest BCUT2D eigenvalue weighted by Crippen LogP contribution is -2.30. The zero-order valence-electron chi connectivity index (χ0n) is 17.5. The highest BCUT2D eigenvalue weighted by molar-refractivity contribution is 6.51. The second-order valence-electron chi connectivity index (χ2n) is 7.37. The summed E-state index contributed by atoms with van der Waals surface area (Å²) in [6.07, 6.45) is 3.22. The number of aliphatic hydroxyl groups is 1. The van der Waals surface area contributed by atoms with E-state index >= 15 is 0 Å². The number of hydrogen-bond donors (Lipinski definition) is 1. The predicted octanol–water partition coefficient (Wildman–Crippen LogP) is 4.33. The van der Waals surface area contributed by atoms with E-state index in [-0.39, 0.29) is 11.3 Å². The van der Waals surface area contributed by atoms with Gasteiger partial charge in [0.2, 0.25) is 0 Å². The number of Topliss-reactive ketones (excluding diaryl/α,β-unsaturated/α-hetero) is 1. The van der Waals surface area contributed by atoms with Gasteiger partial charge in [-0.25, -0.2) is 0 Å². The monoisotopic (exact) mass is 414 g/mol. The molecule has 1 saturated heterocycles. The van der Waals surface area contributed by atoms with Crippen molar-refractivity contribution in [2.75, 3.05) is 12.0 Å². The lowest BCUT2D eigenvalue weighted by Gasteiger charge is -2.27. The molecule has 1 atom stereocenters. The van der Waals surface area contributed by atoms with Crippen molar-refractivity contribution < 1.29 is 19.4 Å². The second kappa shape index (κ2) is 8.07. The number of ether oxygens (including phenoxy) is 1. The van der Waals surface area contributed by atoms with Gasteiger partial charge in [0.05, 0.1) is 24.3 Å². The average molecular weight is 414 g/mol. The van der Waals surface area contributed by atoms with Crippen LogP contribution in [0.2, 0.25) is 0 Å². The molecule has 0 radical (unpaired) electrons. The molecule has 1 amide bonds. The fourth-order valence-corrected chi connectivity index (χ4v) is 3.92. The van der Waals surface area contributed by atoms with E-state index in [1.54, 1.807) is 54.9 Å². The third-order valence-corrected chi connectivity index (χ3v) is 5.64. The van der Waals surface area contributed by atoms with Crippen LogP contribution in [0.5, 0.6) is 5.75 Å². The zero-order chi connectivity index (χ0) is 22.1. The maximum Gasteiger partial charge on any atom is 0.300 e. The molecule has 1 N–H and O–H groups in total. The first kappa shape index (κ1) is 20.3. The van der Waals surface area contributed by atoms with Crippen LogP contribution in [0.3, 0.4) is 0 Å². The molecule has 1 aliphatic rings. The molecular weight excluding hydrogens is 392 g/mol. The Morgan fingerprint density at radius 2 is 1.81 bits per heavy atom. The van der Waals surface area contributed by atoms with Crippen molar-refractivity contribution in [2.24, 2.45) is 0 Å². The number of pyridine rings is 1. The Bertz CT molecular complexity index is 1200. The van der Waals surface area contributed by atoms with Gasteiger partial charge < -0.3 is 9.84 Å². The third kappa shape index (κ3) is 3.36. The fraction of sp³-hybridized carbons (Fsp3) is 0.160. The Kier molecular flexibility index (Phi) is 5.29. The molecule has 0 saturated carbocycles. The number of aliphatic hydroxyl groups excluding tert-OH is 1. The molecule has 4 rings (SSSR count). The summed E-state index contributed by atoms with van der Waals surface area (Å²) < 4.78 is 5.36. The minimum atomic E-state index is -0.820. The van der Waals surface area contributed by atoms with E-state index in [2.05, 4.69) is 4.98 Å². The molecule has 1 fully saturated rings. The van der Waals surface area contributed by atoms with Gasteiger partial charge in [-0.2, -0.15) is 0 Å². The van der Waals surface area contributed by atoms with Crippen molar-refractivity contribution in [3.8, 4) is 5.75 Å². The van der Waals surface area contributed by atoms with Crippen molar-refractivity contribution in [1.29, 1.82) is 0 Å². The highest BCUT2D eigenvalue weighted by Gasteiger charge is 2.47. The number of benzene rings is 2. The van der Waals surface area contributed by atoms with Crippen molar-refractivity contribution in [1.82, 2.24) is 4.98 Å². The number of methoxy groups -OCH3 is 1. The van der Waals surface area contributed by atoms with Crippen LogP contribution >= 0.6 is 0 Å². The Balaban J connectivity index is 2.00. The summed E-state index contributed by atoms with van der Waals surface area (Å²) in [5.74, 6) is -1.32. The van der Waals surface area contributed by atoms with Gasteiger partial charge in [0, 0.05) is 18.1 Å². The molecule has 0 spiro atoms. The van der Waals surface area contributed by atoms with Gasteiger partial charge in [-0.1, -0.05) is 30.3 Å². The molecule has 2 aromatic carbocycles. The highest BCUT2D eigenvalue weighted by Crippen LogP contribution is 2.44. The molecule has 0 bridgehead atoms. The molecule has 3 aromatic rings. The number of amides is 1. The number of aromatic nitrogens is 1. The van der Waals surface area contributed by atoms with E-state index in [0.717, 1.165) is 11.1 Å². The van der Waals surface area contributed by atoms with Crippen molar-refractivity contribution in [3.63, 3.8) is 0 Å². The summed E-state index contributed by atoms with van der Waals surface area (Å²) in [7, 11) is 1.49. The van der Waals surface area contributed by atoms with Gasteiger partial charge in [-0.3, -0.25) is 19.5 Å². The third-order valence-electron chi connectivity index (χ3n) is 5.64. The van der Waals surface area contributed by atoms with Crippen LogP contribution in [0.15, 0.2) is 72.6 Å². The SMILES string of the molecule is COc1ccccc1/C(O)=C1\C(=O)C(=O)N(c2cccc(C)c2C)C1c1cccnc1. The largest absolute Gasteiger partial charge is 0.507 e. The Morgan fingerprint density at radius 3 is 2.52 bits per heavy atom. The average Bonchev–Trinajstić information content (AvgIpc) is 3.06. The van der Waals surface area contributed by atoms with Gasteiger partial charge in [-0.05, 0) is 54.8 Å². The lowest BCUT2D eigenvalue weighted by atomic mass is 9.95. The topological polar surface area (TPSA) is 79.7 Å².